The van der Waals surface area contributed by atoms with E-state index in [0.717, 1.165) is 61.0 Å². The van der Waals surface area contributed by atoms with E-state index >= 15 is 4.39 Å². The molecule has 13 nitrogen and oxygen atoms in total. The number of imide groups is 1. The molecule has 4 fully saturated rings. The molecule has 2 unspecified atom stereocenters. The Morgan fingerprint density at radius 2 is 1.73 bits per heavy atom. The number of nitrogens with zero attached hydrogens (tertiary/aromatic N) is 6. The number of nitrogens with one attached hydrogen (secondary N) is 3. The zero-order valence-corrected chi connectivity index (χ0v) is 41.9. The first-order valence-electron chi connectivity index (χ1n) is 22.7. The van der Waals surface area contributed by atoms with E-state index in [1.807, 2.05) is 36.9 Å². The average Bonchev–Trinajstić information content (AvgIpc) is 3.26. The Labute approximate surface area is 403 Å². The van der Waals surface area contributed by atoms with Crippen molar-refractivity contribution < 1.29 is 56.8 Å². The van der Waals surface area contributed by atoms with Crippen LogP contribution >= 0.6 is 11.9 Å². The summed E-state index contributed by atoms with van der Waals surface area (Å²) in [5, 5.41) is 15.6. The molecule has 7 rings (SSSR count). The van der Waals surface area contributed by atoms with Gasteiger partial charge in [-0.25, -0.2) is 14.4 Å². The van der Waals surface area contributed by atoms with Gasteiger partial charge in [0.15, 0.2) is 5.82 Å². The predicted molar refractivity (Wildman–Crippen MR) is 248 cm³/mol. The third-order valence-electron chi connectivity index (χ3n) is 13.0. The van der Waals surface area contributed by atoms with Crippen molar-refractivity contribution in [1.29, 1.82) is 0 Å². The Morgan fingerprint density at radius 1 is 1.05 bits per heavy atom. The van der Waals surface area contributed by atoms with Crippen LogP contribution in [0.2, 0.25) is 0 Å². The Hall–Kier alpha value is -3.88. The Balaban J connectivity index is 0.000000245. The van der Waals surface area contributed by atoms with Crippen LogP contribution in [0.3, 0.4) is 0 Å². The fourth-order valence-corrected chi connectivity index (χ4v) is 9.92. The third-order valence-corrected chi connectivity index (χ3v) is 14.0. The van der Waals surface area contributed by atoms with E-state index in [4.69, 9.17) is 0 Å². The second kappa shape index (κ2) is 23.4. The Morgan fingerprint density at radius 3 is 2.33 bits per heavy atom. The second-order valence-corrected chi connectivity index (χ2v) is 19.2. The normalized spacial score (nSPS) is 22.3. The first kappa shape index (κ1) is 53.1. The van der Waals surface area contributed by atoms with Gasteiger partial charge in [0, 0.05) is 75.9 Å². The number of hydrogen-bond acceptors (Lipinski definition) is 12. The largest absolute Gasteiger partial charge is 1.00 e. The number of rotatable bonds is 13. The molecule has 1 radical (unpaired) electrons. The number of likely N-dealkylation sites (N-methyl/N-ethyl adjacent to an activating group) is 1. The van der Waals surface area contributed by atoms with E-state index in [-0.39, 0.29) is 61.4 Å². The number of anilines is 5. The van der Waals surface area contributed by atoms with Gasteiger partial charge >= 0.3 is 26.0 Å². The van der Waals surface area contributed by atoms with Crippen LogP contribution in [-0.2, 0) is 40.4 Å². The minimum Gasteiger partial charge on any atom is -0.390 e. The van der Waals surface area contributed by atoms with E-state index in [1.54, 1.807) is 31.0 Å². The average molecular weight is 1120 g/mol. The van der Waals surface area contributed by atoms with Gasteiger partial charge in [-0.3, -0.25) is 29.3 Å². The second-order valence-electron chi connectivity index (χ2n) is 18.3. The maximum atomic E-state index is 15.9. The molecule has 2 aliphatic carbocycles. The van der Waals surface area contributed by atoms with Crippen LogP contribution in [0, 0.1) is 25.6 Å². The van der Waals surface area contributed by atoms with Gasteiger partial charge in [-0.1, -0.05) is 26.2 Å². The van der Waals surface area contributed by atoms with Crippen molar-refractivity contribution in [2.24, 2.45) is 5.92 Å². The van der Waals surface area contributed by atoms with Gasteiger partial charge < -0.3 is 32.0 Å². The quantitative estimate of drug-likeness (QED) is 0.0431. The van der Waals surface area contributed by atoms with Crippen LogP contribution in [0.4, 0.5) is 46.3 Å². The van der Waals surface area contributed by atoms with Crippen molar-refractivity contribution in [2.75, 3.05) is 66.8 Å². The fourth-order valence-electron chi connectivity index (χ4n) is 9.21. The molecule has 19 heteroatoms. The number of halogens is 4. The van der Waals surface area contributed by atoms with E-state index in [2.05, 4.69) is 37.1 Å². The zero-order valence-electron chi connectivity index (χ0n) is 38.5. The topological polar surface area (TPSA) is 146 Å². The number of hydrogen-bond donors (Lipinski definition) is 4. The first-order chi connectivity index (χ1) is 30.8. The molecular formula is C47H64F4N9O4OsS. The molecule has 2 saturated heterocycles. The molecule has 2 saturated carbocycles. The minimum atomic E-state index is -4.53. The summed E-state index contributed by atoms with van der Waals surface area (Å²) in [6.45, 7) is 13.8. The van der Waals surface area contributed by atoms with E-state index in [1.165, 1.54) is 56.0 Å². The molecular weight excluding hydrogens is 1050 g/mol. The molecule has 4 aliphatic rings. The van der Waals surface area contributed by atoms with E-state index in [0.29, 0.717) is 49.9 Å². The van der Waals surface area contributed by atoms with Gasteiger partial charge in [0.1, 0.15) is 11.7 Å². The van der Waals surface area contributed by atoms with Gasteiger partial charge in [-0.15, -0.1) is 6.04 Å². The molecule has 2 atom stereocenters. The van der Waals surface area contributed by atoms with Gasteiger partial charge in [0.2, 0.25) is 24.2 Å². The van der Waals surface area contributed by atoms with Crippen molar-refractivity contribution in [2.45, 2.75) is 126 Å². The molecule has 2 aliphatic heterocycles. The monoisotopic (exact) mass is 1120 g/mol. The molecule has 3 heterocycles. The number of carbonyl (C=O) groups is 3. The molecule has 0 spiro atoms. The molecule has 363 valence electrons. The number of piperidine rings is 1. The molecule has 0 bridgehead atoms. The van der Waals surface area contributed by atoms with Gasteiger partial charge in [0.05, 0.1) is 28.2 Å². The van der Waals surface area contributed by atoms with Crippen LogP contribution in [-0.4, -0.2) is 103 Å². The van der Waals surface area contributed by atoms with Gasteiger partial charge in [-0.2, -0.15) is 13.2 Å². The molecule has 1 aromatic heterocycles. The van der Waals surface area contributed by atoms with Crippen LogP contribution in [0.25, 0.3) is 0 Å². The summed E-state index contributed by atoms with van der Waals surface area (Å²) in [6, 6.07) is 8.72. The summed E-state index contributed by atoms with van der Waals surface area (Å²) in [7, 11) is 3.21. The summed E-state index contributed by atoms with van der Waals surface area (Å²) in [5.74, 6) is -0.621. The van der Waals surface area contributed by atoms with Crippen molar-refractivity contribution in [1.82, 2.24) is 24.9 Å². The zero-order chi connectivity index (χ0) is 47.1. The molecule has 4 N–H and O–H groups in total. The van der Waals surface area contributed by atoms with Gasteiger partial charge in [0.25, 0.3) is 0 Å². The number of aromatic nitrogens is 2. The van der Waals surface area contributed by atoms with Crippen LogP contribution in [0.5, 0.6) is 0 Å². The van der Waals surface area contributed by atoms with Gasteiger partial charge in [-0.05, 0) is 113 Å². The predicted octanol–water partition coefficient (Wildman–Crippen LogP) is 8.13. The minimum absolute atomic E-state index is 0. The van der Waals surface area contributed by atoms with Crippen molar-refractivity contribution in [3.05, 3.63) is 66.1 Å². The first-order valence-corrected chi connectivity index (χ1v) is 23.5. The number of amides is 3. The number of piperazine rings is 1. The van der Waals surface area contributed by atoms with Crippen molar-refractivity contribution in [3.63, 3.8) is 0 Å². The third kappa shape index (κ3) is 13.9. The van der Waals surface area contributed by atoms with Crippen molar-refractivity contribution >= 4 is 58.9 Å². The van der Waals surface area contributed by atoms with Crippen LogP contribution in [0.15, 0.2) is 41.4 Å². The van der Waals surface area contributed by atoms with Crippen molar-refractivity contribution in [3.8, 4) is 0 Å². The number of aliphatic hydroxyl groups is 1. The maximum absolute atomic E-state index is 15.9. The summed E-state index contributed by atoms with van der Waals surface area (Å²) < 4.78 is 59.8. The summed E-state index contributed by atoms with van der Waals surface area (Å²) in [6.07, 6.45) is 5.94. The standard InChI is InChI=1S/C25H36FN5O3.C22H28F3N4OS.Os/c1-28(17-32)24-20(29(2)21-10-11-22(33)27-25(21)34)9-8-19(23(24)26)31-14-12-30(13-15-31)16-18-6-4-3-5-7-18;1-13(2)29-31-16-5-6-18(14(3)11-16)27-20-26-12-17(22(23,24)25)19(28-20)15-7-9-21(4,30)10-8-15;/h8-9,17-18,21H,3-7,10-16H2,1-2H3,(H,27,33,34);5-6,11-13,15,29-30H,1,7-10H2,2-4H3,(H,26,27,28);/q;-1;+1. The van der Waals surface area contributed by atoms with E-state index in [9.17, 15) is 32.7 Å². The number of alkyl halides is 3. The molecule has 2 aromatic carbocycles. The maximum Gasteiger partial charge on any atom is 1.00 e. The summed E-state index contributed by atoms with van der Waals surface area (Å²) in [5.41, 5.74) is 1.07. The molecule has 3 amide bonds. The Bertz CT molecular complexity index is 2130. The van der Waals surface area contributed by atoms with Crippen LogP contribution < -0.4 is 30.1 Å². The van der Waals surface area contributed by atoms with E-state index < -0.39 is 35.1 Å². The number of aryl methyl sites for hydroxylation is 1. The Kier molecular flexibility index (Phi) is 18.8. The fraction of sp³-hybridized carbons (Fsp3) is 0.574. The number of benzene rings is 2. The number of carbonyl (C=O) groups excluding carboxylic acids is 3. The molecule has 66 heavy (non-hydrogen) atoms. The SMILES string of the molecule is CN(C=O)c1c(N(C)C2CCC(=O)NC2=O)ccc(N2CCN(CC3CCCCC3)CC2)c1F.[CH2-]C(C)NSc1ccc(Nc2ncc(C(F)(F)F)c(C3CCC(C)(O)CC3)n2)c(C)c1.[Os+]. The smallest absolute Gasteiger partial charge is 0.390 e. The molecule has 3 aromatic rings. The summed E-state index contributed by atoms with van der Waals surface area (Å²) in [4.78, 5) is 52.2. The van der Waals surface area contributed by atoms with Crippen LogP contribution in [0.1, 0.15) is 107 Å². The summed E-state index contributed by atoms with van der Waals surface area (Å²) >= 11 is 1.47.